The van der Waals surface area contributed by atoms with Gasteiger partial charge in [0.25, 0.3) is 0 Å². The maximum Gasteiger partial charge on any atom is 0.446 e. The SMILES string of the molecule is O=C(O)C(Cc1cccc(SC(F)(F)F)c1)C(=O)O. The summed E-state index contributed by atoms with van der Waals surface area (Å²) in [5.41, 5.74) is -4.22. The Morgan fingerprint density at radius 3 is 2.26 bits per heavy atom. The summed E-state index contributed by atoms with van der Waals surface area (Å²) in [6.07, 6.45) is -0.364. The van der Waals surface area contributed by atoms with Gasteiger partial charge < -0.3 is 10.2 Å². The van der Waals surface area contributed by atoms with Crippen molar-refractivity contribution in [3.8, 4) is 0 Å². The van der Waals surface area contributed by atoms with Crippen molar-refractivity contribution in [2.24, 2.45) is 5.92 Å². The molecule has 0 bridgehead atoms. The fraction of sp³-hybridized carbons (Fsp3) is 0.273. The summed E-state index contributed by atoms with van der Waals surface area (Å²) in [5, 5.41) is 17.4. The summed E-state index contributed by atoms with van der Waals surface area (Å²) in [6.45, 7) is 0. The first-order valence-electron chi connectivity index (χ1n) is 4.99. The van der Waals surface area contributed by atoms with Crippen LogP contribution >= 0.6 is 11.8 Å². The highest BCUT2D eigenvalue weighted by molar-refractivity contribution is 8.00. The quantitative estimate of drug-likeness (QED) is 0.645. The van der Waals surface area contributed by atoms with Crippen LogP contribution in [0.5, 0.6) is 0 Å². The lowest BCUT2D eigenvalue weighted by molar-refractivity contribution is -0.154. The number of aliphatic carboxylic acids is 2. The molecule has 104 valence electrons. The Labute approximate surface area is 110 Å². The molecule has 4 nitrogen and oxygen atoms in total. The molecule has 8 heteroatoms. The van der Waals surface area contributed by atoms with Gasteiger partial charge in [0.05, 0.1) is 0 Å². The summed E-state index contributed by atoms with van der Waals surface area (Å²) in [4.78, 5) is 21.3. The molecule has 0 heterocycles. The topological polar surface area (TPSA) is 74.6 Å². The van der Waals surface area contributed by atoms with E-state index in [1.165, 1.54) is 18.2 Å². The first kappa shape index (κ1) is 15.4. The van der Waals surface area contributed by atoms with E-state index in [0.29, 0.717) is 0 Å². The first-order chi connectivity index (χ1) is 8.69. The predicted octanol–water partition coefficient (Wildman–Crippen LogP) is 2.63. The molecule has 0 saturated carbocycles. The van der Waals surface area contributed by atoms with E-state index in [9.17, 15) is 22.8 Å². The second kappa shape index (κ2) is 5.96. The van der Waals surface area contributed by atoms with Crippen LogP contribution in [0.2, 0.25) is 0 Å². The molecule has 0 radical (unpaired) electrons. The van der Waals surface area contributed by atoms with Crippen LogP contribution in [-0.4, -0.2) is 27.7 Å². The molecule has 0 amide bonds. The van der Waals surface area contributed by atoms with Gasteiger partial charge in [0.1, 0.15) is 0 Å². The van der Waals surface area contributed by atoms with Gasteiger partial charge in [0, 0.05) is 4.90 Å². The number of hydrogen-bond acceptors (Lipinski definition) is 3. The van der Waals surface area contributed by atoms with Crippen LogP contribution in [0.3, 0.4) is 0 Å². The Kier molecular flexibility index (Phi) is 4.82. The first-order valence-corrected chi connectivity index (χ1v) is 5.81. The molecular formula is C11H9F3O4S. The Morgan fingerprint density at radius 2 is 1.79 bits per heavy atom. The van der Waals surface area contributed by atoms with Gasteiger partial charge in [0.15, 0.2) is 5.92 Å². The molecule has 1 rings (SSSR count). The Bertz CT molecular complexity index is 473. The fourth-order valence-electron chi connectivity index (χ4n) is 1.39. The van der Waals surface area contributed by atoms with Gasteiger partial charge in [-0.1, -0.05) is 12.1 Å². The third-order valence-electron chi connectivity index (χ3n) is 2.17. The highest BCUT2D eigenvalue weighted by atomic mass is 32.2. The molecular weight excluding hydrogens is 285 g/mol. The summed E-state index contributed by atoms with van der Waals surface area (Å²) < 4.78 is 36.5. The Balaban J connectivity index is 2.87. The molecule has 0 aliphatic heterocycles. The molecule has 2 N–H and O–H groups in total. The van der Waals surface area contributed by atoms with E-state index < -0.39 is 23.4 Å². The van der Waals surface area contributed by atoms with E-state index in [1.54, 1.807) is 0 Å². The third kappa shape index (κ3) is 5.21. The van der Waals surface area contributed by atoms with E-state index in [4.69, 9.17) is 10.2 Å². The fourth-order valence-corrected chi connectivity index (χ4v) is 2.01. The number of benzene rings is 1. The van der Waals surface area contributed by atoms with E-state index in [0.717, 1.165) is 6.07 Å². The zero-order valence-electron chi connectivity index (χ0n) is 9.35. The number of carboxylic acids is 2. The number of halogens is 3. The van der Waals surface area contributed by atoms with Crippen molar-refractivity contribution >= 4 is 23.7 Å². The highest BCUT2D eigenvalue weighted by Crippen LogP contribution is 2.37. The summed E-state index contributed by atoms with van der Waals surface area (Å²) in [6, 6.07) is 5.07. The Hall–Kier alpha value is -1.70. The minimum absolute atomic E-state index is 0.112. The van der Waals surface area contributed by atoms with Crippen molar-refractivity contribution < 1.29 is 33.0 Å². The van der Waals surface area contributed by atoms with Gasteiger partial charge in [-0.25, -0.2) is 0 Å². The second-order valence-corrected chi connectivity index (χ2v) is 4.77. The van der Waals surface area contributed by atoms with Crippen molar-refractivity contribution in [2.75, 3.05) is 0 Å². The number of carboxylic acid groups (broad SMARTS) is 2. The van der Waals surface area contributed by atoms with Gasteiger partial charge in [-0.2, -0.15) is 13.2 Å². The third-order valence-corrected chi connectivity index (χ3v) is 2.89. The largest absolute Gasteiger partial charge is 0.481 e. The maximum absolute atomic E-state index is 12.2. The molecule has 0 fully saturated rings. The van der Waals surface area contributed by atoms with Crippen LogP contribution in [0.1, 0.15) is 5.56 Å². The standard InChI is InChI=1S/C11H9F3O4S/c12-11(13,14)19-7-3-1-2-6(4-7)5-8(9(15)16)10(17)18/h1-4,8H,5H2,(H,15,16)(H,17,18). The lowest BCUT2D eigenvalue weighted by atomic mass is 10.00. The lowest BCUT2D eigenvalue weighted by Crippen LogP contribution is -2.25. The average Bonchev–Trinajstić information content (AvgIpc) is 2.23. The molecule has 0 spiro atoms. The molecule has 0 aliphatic carbocycles. The minimum Gasteiger partial charge on any atom is -0.481 e. The van der Waals surface area contributed by atoms with Gasteiger partial charge in [-0.3, -0.25) is 9.59 Å². The van der Waals surface area contributed by atoms with Gasteiger partial charge >= 0.3 is 17.4 Å². The van der Waals surface area contributed by atoms with E-state index in [-0.39, 0.29) is 28.6 Å². The lowest BCUT2D eigenvalue weighted by Gasteiger charge is -2.10. The monoisotopic (exact) mass is 294 g/mol. The van der Waals surface area contributed by atoms with Crippen molar-refractivity contribution in [1.82, 2.24) is 0 Å². The summed E-state index contributed by atoms with van der Waals surface area (Å²) in [7, 11) is 0. The zero-order valence-corrected chi connectivity index (χ0v) is 10.2. The number of alkyl halides is 3. The summed E-state index contributed by atoms with van der Waals surface area (Å²) >= 11 is -0.336. The number of thioether (sulfide) groups is 1. The van der Waals surface area contributed by atoms with Crippen molar-refractivity contribution in [3.05, 3.63) is 29.8 Å². The molecule has 0 atom stereocenters. The van der Waals surface area contributed by atoms with Crippen LogP contribution in [-0.2, 0) is 16.0 Å². The van der Waals surface area contributed by atoms with Crippen molar-refractivity contribution in [1.29, 1.82) is 0 Å². The van der Waals surface area contributed by atoms with Crippen LogP contribution in [0.4, 0.5) is 13.2 Å². The molecule has 0 aromatic heterocycles. The van der Waals surface area contributed by atoms with Crippen LogP contribution in [0.25, 0.3) is 0 Å². The number of rotatable bonds is 5. The van der Waals surface area contributed by atoms with Gasteiger partial charge in [0.2, 0.25) is 0 Å². The van der Waals surface area contributed by atoms with Gasteiger partial charge in [-0.05, 0) is 35.9 Å². The average molecular weight is 294 g/mol. The molecule has 1 aromatic carbocycles. The normalized spacial score (nSPS) is 11.6. The molecule has 0 unspecified atom stereocenters. The minimum atomic E-state index is -4.45. The van der Waals surface area contributed by atoms with Crippen LogP contribution < -0.4 is 0 Å². The molecule has 1 aromatic rings. The molecule has 19 heavy (non-hydrogen) atoms. The zero-order chi connectivity index (χ0) is 14.6. The summed E-state index contributed by atoms with van der Waals surface area (Å²) in [5.74, 6) is -4.73. The Morgan fingerprint density at radius 1 is 1.21 bits per heavy atom. The van der Waals surface area contributed by atoms with Crippen molar-refractivity contribution in [2.45, 2.75) is 16.8 Å². The number of hydrogen-bond donors (Lipinski definition) is 2. The van der Waals surface area contributed by atoms with Crippen LogP contribution in [0.15, 0.2) is 29.2 Å². The second-order valence-electron chi connectivity index (χ2n) is 3.63. The predicted molar refractivity (Wildman–Crippen MR) is 60.8 cm³/mol. The maximum atomic E-state index is 12.2. The van der Waals surface area contributed by atoms with Crippen molar-refractivity contribution in [3.63, 3.8) is 0 Å². The highest BCUT2D eigenvalue weighted by Gasteiger charge is 2.30. The number of carbonyl (C=O) groups is 2. The molecule has 0 saturated heterocycles. The van der Waals surface area contributed by atoms with Gasteiger partial charge in [-0.15, -0.1) is 0 Å². The van der Waals surface area contributed by atoms with E-state index >= 15 is 0 Å². The van der Waals surface area contributed by atoms with Crippen LogP contribution in [0, 0.1) is 5.92 Å². The van der Waals surface area contributed by atoms with E-state index in [2.05, 4.69) is 0 Å². The molecule has 0 aliphatic rings. The van der Waals surface area contributed by atoms with E-state index in [1.807, 2.05) is 0 Å². The smallest absolute Gasteiger partial charge is 0.446 e.